The maximum atomic E-state index is 13.6. The molecule has 0 aromatic heterocycles. The van der Waals surface area contributed by atoms with Gasteiger partial charge >= 0.3 is 0 Å². The molecule has 3 unspecified atom stereocenters. The van der Waals surface area contributed by atoms with Gasteiger partial charge in [-0.3, -0.25) is 9.69 Å². The lowest BCUT2D eigenvalue weighted by atomic mass is 9.61. The van der Waals surface area contributed by atoms with Crippen LogP contribution in [0.2, 0.25) is 0 Å². The molecule has 4 rings (SSSR count). The number of carbonyl (C=O) groups is 1. The zero-order chi connectivity index (χ0) is 18.1. The summed E-state index contributed by atoms with van der Waals surface area (Å²) in [6, 6.07) is 10.6. The first-order valence-electron chi connectivity index (χ1n) is 9.77. The maximum absolute atomic E-state index is 13.6. The third-order valence-electron chi connectivity index (χ3n) is 6.43. The zero-order valence-corrected chi connectivity index (χ0v) is 15.4. The highest BCUT2D eigenvalue weighted by Gasteiger charge is 2.53. The molecule has 1 aromatic rings. The molecule has 3 nitrogen and oxygen atoms in total. The van der Waals surface area contributed by atoms with Gasteiger partial charge in [0, 0.05) is 24.1 Å². The number of fused-ring (bicyclic) bond motifs is 1. The largest absolute Gasteiger partial charge is 0.402 e. The summed E-state index contributed by atoms with van der Waals surface area (Å²) in [7, 11) is 0. The lowest BCUT2D eigenvalue weighted by molar-refractivity contribution is -0.140. The van der Waals surface area contributed by atoms with Crippen LogP contribution in [0.4, 0.5) is 0 Å². The van der Waals surface area contributed by atoms with Crippen molar-refractivity contribution in [3.8, 4) is 0 Å². The lowest BCUT2D eigenvalue weighted by Gasteiger charge is -2.52. The van der Waals surface area contributed by atoms with Gasteiger partial charge in [-0.1, -0.05) is 54.6 Å². The summed E-state index contributed by atoms with van der Waals surface area (Å²) in [6.45, 7) is 6.28. The second-order valence-electron chi connectivity index (χ2n) is 7.97. The minimum absolute atomic E-state index is 0.00368. The van der Waals surface area contributed by atoms with Gasteiger partial charge in [0.25, 0.3) is 0 Å². The van der Waals surface area contributed by atoms with Crippen LogP contribution in [0.3, 0.4) is 0 Å². The SMILES string of the molecule is C=C1CC2(CCCCN2CCc2ccccc2)C(=O)C2C=CC=C(N)C12. The van der Waals surface area contributed by atoms with Gasteiger partial charge in [-0.2, -0.15) is 0 Å². The molecule has 1 aromatic carbocycles. The van der Waals surface area contributed by atoms with Crippen LogP contribution in [-0.2, 0) is 11.2 Å². The van der Waals surface area contributed by atoms with Gasteiger partial charge in [0.1, 0.15) is 0 Å². The van der Waals surface area contributed by atoms with E-state index in [9.17, 15) is 4.79 Å². The molecule has 136 valence electrons. The fraction of sp³-hybridized carbons (Fsp3) is 0.435. The number of benzene rings is 1. The first-order valence-corrected chi connectivity index (χ1v) is 9.77. The van der Waals surface area contributed by atoms with E-state index in [4.69, 9.17) is 5.73 Å². The van der Waals surface area contributed by atoms with E-state index in [0.717, 1.165) is 50.0 Å². The Morgan fingerprint density at radius 1 is 1.23 bits per heavy atom. The van der Waals surface area contributed by atoms with E-state index in [1.54, 1.807) is 0 Å². The molecule has 1 saturated heterocycles. The Hall–Kier alpha value is -2.13. The smallest absolute Gasteiger partial charge is 0.161 e. The van der Waals surface area contributed by atoms with Gasteiger partial charge in [-0.05, 0) is 50.3 Å². The van der Waals surface area contributed by atoms with Gasteiger partial charge in [-0.15, -0.1) is 0 Å². The summed E-state index contributed by atoms with van der Waals surface area (Å²) in [5.74, 6) is 0.213. The molecule has 2 N–H and O–H groups in total. The molecule has 2 fully saturated rings. The van der Waals surface area contributed by atoms with E-state index in [2.05, 4.69) is 35.7 Å². The summed E-state index contributed by atoms with van der Waals surface area (Å²) in [5.41, 5.74) is 9.08. The van der Waals surface area contributed by atoms with Gasteiger partial charge < -0.3 is 5.73 Å². The van der Waals surface area contributed by atoms with Crippen molar-refractivity contribution in [3.05, 3.63) is 72.0 Å². The van der Waals surface area contributed by atoms with Crippen LogP contribution >= 0.6 is 0 Å². The van der Waals surface area contributed by atoms with Crippen LogP contribution in [0.1, 0.15) is 31.2 Å². The minimum Gasteiger partial charge on any atom is -0.402 e. The summed E-state index contributed by atoms with van der Waals surface area (Å²) < 4.78 is 0. The van der Waals surface area contributed by atoms with Crippen LogP contribution in [0.5, 0.6) is 0 Å². The number of ketones is 1. The maximum Gasteiger partial charge on any atom is 0.161 e. The highest BCUT2D eigenvalue weighted by atomic mass is 16.1. The van der Waals surface area contributed by atoms with Crippen molar-refractivity contribution in [2.24, 2.45) is 17.6 Å². The Balaban J connectivity index is 1.60. The molecule has 26 heavy (non-hydrogen) atoms. The van der Waals surface area contributed by atoms with E-state index in [1.807, 2.05) is 24.3 Å². The standard InChI is InChI=1S/C23H28N2O/c1-17-16-23(22(26)19-10-7-11-20(24)21(17)19)13-5-6-14-25(23)15-12-18-8-3-2-4-9-18/h2-4,7-11,19,21H,1,5-6,12-16,24H2. The zero-order valence-electron chi connectivity index (χ0n) is 15.4. The summed E-state index contributed by atoms with van der Waals surface area (Å²) in [4.78, 5) is 16.1. The third-order valence-corrected chi connectivity index (χ3v) is 6.43. The topological polar surface area (TPSA) is 46.3 Å². The Kier molecular flexibility index (Phi) is 4.58. The second-order valence-corrected chi connectivity index (χ2v) is 7.97. The fourth-order valence-corrected chi connectivity index (χ4v) is 5.13. The summed E-state index contributed by atoms with van der Waals surface area (Å²) in [5, 5.41) is 0. The molecule has 3 aliphatic rings. The molecule has 3 heteroatoms. The van der Waals surface area contributed by atoms with Crippen molar-refractivity contribution < 1.29 is 4.79 Å². The normalized spacial score (nSPS) is 31.8. The molecule has 1 saturated carbocycles. The number of nitrogens with zero attached hydrogens (tertiary/aromatic N) is 1. The average molecular weight is 348 g/mol. The highest BCUT2D eigenvalue weighted by Crippen LogP contribution is 2.47. The number of piperidine rings is 1. The van der Waals surface area contributed by atoms with Gasteiger partial charge in [-0.25, -0.2) is 0 Å². The third kappa shape index (κ3) is 2.84. The van der Waals surface area contributed by atoms with E-state index < -0.39 is 0 Å². The minimum atomic E-state index is -0.382. The molecule has 0 amide bonds. The average Bonchev–Trinajstić information content (AvgIpc) is 2.66. The molecule has 0 radical (unpaired) electrons. The molecule has 2 aliphatic carbocycles. The van der Waals surface area contributed by atoms with Crippen molar-refractivity contribution in [3.63, 3.8) is 0 Å². The fourth-order valence-electron chi connectivity index (χ4n) is 5.13. The van der Waals surface area contributed by atoms with Crippen LogP contribution in [0.25, 0.3) is 0 Å². The predicted molar refractivity (Wildman–Crippen MR) is 105 cm³/mol. The predicted octanol–water partition coefficient (Wildman–Crippen LogP) is 3.63. The quantitative estimate of drug-likeness (QED) is 0.849. The van der Waals surface area contributed by atoms with Gasteiger partial charge in [0.2, 0.25) is 0 Å². The molecule has 3 atom stereocenters. The number of hydrogen-bond acceptors (Lipinski definition) is 3. The highest BCUT2D eigenvalue weighted by molar-refractivity contribution is 5.95. The van der Waals surface area contributed by atoms with Crippen LogP contribution in [-0.4, -0.2) is 29.3 Å². The number of Topliss-reactive ketones (excluding diaryl/α,β-unsaturated/α-hetero) is 1. The van der Waals surface area contributed by atoms with Crippen molar-refractivity contribution in [1.82, 2.24) is 4.90 Å². The first kappa shape index (κ1) is 17.3. The molecule has 1 aliphatic heterocycles. The van der Waals surface area contributed by atoms with Crippen LogP contribution in [0.15, 0.2) is 66.4 Å². The number of nitrogens with two attached hydrogens (primary N) is 1. The van der Waals surface area contributed by atoms with Crippen molar-refractivity contribution in [1.29, 1.82) is 0 Å². The van der Waals surface area contributed by atoms with Crippen molar-refractivity contribution in [2.75, 3.05) is 13.1 Å². The molecule has 1 heterocycles. The Labute approximate surface area is 156 Å². The first-order chi connectivity index (χ1) is 12.6. The Morgan fingerprint density at radius 3 is 2.85 bits per heavy atom. The number of rotatable bonds is 3. The summed E-state index contributed by atoms with van der Waals surface area (Å²) >= 11 is 0. The number of allylic oxidation sites excluding steroid dienone is 4. The Morgan fingerprint density at radius 2 is 2.04 bits per heavy atom. The van der Waals surface area contributed by atoms with E-state index in [-0.39, 0.29) is 17.4 Å². The number of carbonyl (C=O) groups excluding carboxylic acids is 1. The lowest BCUT2D eigenvalue weighted by Crippen LogP contribution is -2.63. The molecular weight excluding hydrogens is 320 g/mol. The van der Waals surface area contributed by atoms with Crippen LogP contribution in [0, 0.1) is 11.8 Å². The van der Waals surface area contributed by atoms with Crippen molar-refractivity contribution >= 4 is 5.78 Å². The van der Waals surface area contributed by atoms with E-state index in [1.165, 1.54) is 12.0 Å². The Bertz CT molecular complexity index is 764. The molecule has 0 bridgehead atoms. The van der Waals surface area contributed by atoms with E-state index in [0.29, 0.717) is 5.78 Å². The van der Waals surface area contributed by atoms with Crippen LogP contribution < -0.4 is 5.73 Å². The van der Waals surface area contributed by atoms with Gasteiger partial charge in [0.05, 0.1) is 5.54 Å². The second kappa shape index (κ2) is 6.88. The van der Waals surface area contributed by atoms with E-state index >= 15 is 0 Å². The number of likely N-dealkylation sites (tertiary alicyclic amines) is 1. The molecular formula is C23H28N2O. The number of hydrogen-bond donors (Lipinski definition) is 1. The van der Waals surface area contributed by atoms with Gasteiger partial charge in [0.15, 0.2) is 5.78 Å². The summed E-state index contributed by atoms with van der Waals surface area (Å²) in [6.07, 6.45) is 10.9. The van der Waals surface area contributed by atoms with Crippen molar-refractivity contribution in [2.45, 2.75) is 37.6 Å². The molecule has 1 spiro atoms. The monoisotopic (exact) mass is 348 g/mol.